The van der Waals surface area contributed by atoms with Crippen molar-refractivity contribution in [2.75, 3.05) is 12.3 Å². The second-order valence-corrected chi connectivity index (χ2v) is 3.17. The Morgan fingerprint density at radius 1 is 1.21 bits per heavy atom. The second-order valence-electron chi connectivity index (χ2n) is 3.17. The molecule has 0 atom stereocenters. The highest BCUT2D eigenvalue weighted by Crippen LogP contribution is 2.28. The highest BCUT2D eigenvalue weighted by Gasteiger charge is 2.01. The van der Waals surface area contributed by atoms with Crippen molar-refractivity contribution in [1.82, 2.24) is 0 Å². The zero-order valence-corrected chi connectivity index (χ0v) is 8.16. The first kappa shape index (κ1) is 8.88. The Morgan fingerprint density at radius 2 is 2.00 bits per heavy atom. The van der Waals surface area contributed by atoms with Gasteiger partial charge in [0.05, 0.1) is 6.61 Å². The summed E-state index contributed by atoms with van der Waals surface area (Å²) in [5.41, 5.74) is 6.52. The molecule has 0 aromatic heterocycles. The molecule has 0 fully saturated rings. The van der Waals surface area contributed by atoms with Crippen LogP contribution in [0.15, 0.2) is 36.4 Å². The van der Waals surface area contributed by atoms with Crippen LogP contribution in [0.1, 0.15) is 6.92 Å². The van der Waals surface area contributed by atoms with Gasteiger partial charge < -0.3 is 10.5 Å². The molecule has 0 saturated heterocycles. The summed E-state index contributed by atoms with van der Waals surface area (Å²) in [5.74, 6) is 0.864. The molecule has 2 rings (SSSR count). The van der Waals surface area contributed by atoms with E-state index in [9.17, 15) is 0 Å². The number of hydrogen-bond donors (Lipinski definition) is 1. The molecule has 0 aliphatic rings. The smallest absolute Gasteiger partial charge is 0.129 e. The van der Waals surface area contributed by atoms with E-state index in [0.717, 1.165) is 22.2 Å². The third-order valence-corrected chi connectivity index (χ3v) is 2.15. The Morgan fingerprint density at radius 3 is 2.79 bits per heavy atom. The normalized spacial score (nSPS) is 10.4. The van der Waals surface area contributed by atoms with Crippen LogP contribution in [0.2, 0.25) is 0 Å². The molecule has 2 heteroatoms. The van der Waals surface area contributed by atoms with Gasteiger partial charge in [0.2, 0.25) is 0 Å². The zero-order chi connectivity index (χ0) is 9.97. The summed E-state index contributed by atoms with van der Waals surface area (Å²) in [4.78, 5) is 0. The van der Waals surface area contributed by atoms with Crippen molar-refractivity contribution < 1.29 is 4.74 Å². The molecule has 0 amide bonds. The van der Waals surface area contributed by atoms with Crippen molar-refractivity contribution in [2.24, 2.45) is 0 Å². The Hall–Kier alpha value is -1.70. The van der Waals surface area contributed by atoms with Gasteiger partial charge in [-0.2, -0.15) is 0 Å². The molecule has 0 aliphatic carbocycles. The minimum Gasteiger partial charge on any atom is -0.493 e. The highest BCUT2D eigenvalue weighted by atomic mass is 16.5. The molecule has 0 heterocycles. The van der Waals surface area contributed by atoms with E-state index in [1.54, 1.807) is 0 Å². The zero-order valence-electron chi connectivity index (χ0n) is 8.16. The van der Waals surface area contributed by atoms with E-state index in [1.807, 2.05) is 43.3 Å². The fourth-order valence-corrected chi connectivity index (χ4v) is 1.57. The molecule has 2 aromatic carbocycles. The van der Waals surface area contributed by atoms with Gasteiger partial charge >= 0.3 is 0 Å². The van der Waals surface area contributed by atoms with Gasteiger partial charge in [0.1, 0.15) is 5.75 Å². The molecule has 72 valence electrons. The summed E-state index contributed by atoms with van der Waals surface area (Å²) in [6.07, 6.45) is 0. The minimum atomic E-state index is 0.660. The van der Waals surface area contributed by atoms with Gasteiger partial charge in [0.25, 0.3) is 0 Å². The number of benzene rings is 2. The Labute approximate surface area is 83.3 Å². The van der Waals surface area contributed by atoms with Crippen LogP contribution < -0.4 is 10.5 Å². The van der Waals surface area contributed by atoms with E-state index >= 15 is 0 Å². The maximum Gasteiger partial charge on any atom is 0.129 e. The van der Waals surface area contributed by atoms with Crippen LogP contribution in [0.25, 0.3) is 10.8 Å². The van der Waals surface area contributed by atoms with E-state index in [2.05, 4.69) is 0 Å². The quantitative estimate of drug-likeness (QED) is 0.734. The van der Waals surface area contributed by atoms with Crippen LogP contribution in [0, 0.1) is 0 Å². The fourth-order valence-electron chi connectivity index (χ4n) is 1.57. The van der Waals surface area contributed by atoms with Crippen molar-refractivity contribution in [3.8, 4) is 5.75 Å². The maximum atomic E-state index is 5.77. The molecule has 0 saturated carbocycles. The largest absolute Gasteiger partial charge is 0.493 e. The lowest BCUT2D eigenvalue weighted by atomic mass is 10.1. The fraction of sp³-hybridized carbons (Fsp3) is 0.167. The predicted molar refractivity (Wildman–Crippen MR) is 59.5 cm³/mol. The lowest BCUT2D eigenvalue weighted by Crippen LogP contribution is -1.94. The number of rotatable bonds is 2. The molecule has 2 N–H and O–H groups in total. The number of hydrogen-bond acceptors (Lipinski definition) is 2. The predicted octanol–water partition coefficient (Wildman–Crippen LogP) is 2.82. The monoisotopic (exact) mass is 187 g/mol. The second kappa shape index (κ2) is 3.58. The summed E-state index contributed by atoms with van der Waals surface area (Å²) in [7, 11) is 0. The van der Waals surface area contributed by atoms with Gasteiger partial charge in [-0.1, -0.05) is 24.3 Å². The van der Waals surface area contributed by atoms with E-state index < -0.39 is 0 Å². The summed E-state index contributed by atoms with van der Waals surface area (Å²) in [6.45, 7) is 2.63. The van der Waals surface area contributed by atoms with Gasteiger partial charge in [0, 0.05) is 17.1 Å². The Kier molecular flexibility index (Phi) is 2.27. The molecule has 2 aromatic rings. The molecule has 0 unspecified atom stereocenters. The van der Waals surface area contributed by atoms with Crippen LogP contribution in [0.3, 0.4) is 0 Å². The van der Waals surface area contributed by atoms with Crippen LogP contribution in [0.4, 0.5) is 5.69 Å². The van der Waals surface area contributed by atoms with E-state index in [0.29, 0.717) is 6.61 Å². The Bertz CT molecular complexity index is 451. The molecule has 2 nitrogen and oxygen atoms in total. The van der Waals surface area contributed by atoms with E-state index in [1.165, 1.54) is 0 Å². The molecule has 0 bridgehead atoms. The summed E-state index contributed by atoms with van der Waals surface area (Å²) >= 11 is 0. The average molecular weight is 187 g/mol. The molecular weight excluding hydrogens is 174 g/mol. The van der Waals surface area contributed by atoms with Gasteiger partial charge in [-0.3, -0.25) is 0 Å². The van der Waals surface area contributed by atoms with E-state index in [-0.39, 0.29) is 0 Å². The van der Waals surface area contributed by atoms with E-state index in [4.69, 9.17) is 10.5 Å². The first-order valence-electron chi connectivity index (χ1n) is 4.72. The van der Waals surface area contributed by atoms with Crippen LogP contribution in [0.5, 0.6) is 5.75 Å². The van der Waals surface area contributed by atoms with Gasteiger partial charge in [-0.15, -0.1) is 0 Å². The van der Waals surface area contributed by atoms with Crippen molar-refractivity contribution in [2.45, 2.75) is 6.92 Å². The first-order valence-corrected chi connectivity index (χ1v) is 4.72. The summed E-state index contributed by atoms with van der Waals surface area (Å²) < 4.78 is 5.52. The van der Waals surface area contributed by atoms with Crippen molar-refractivity contribution in [3.05, 3.63) is 36.4 Å². The number of fused-ring (bicyclic) bond motifs is 1. The molecule has 0 radical (unpaired) electrons. The molecular formula is C12H13NO. The third kappa shape index (κ3) is 1.51. The van der Waals surface area contributed by atoms with Crippen molar-refractivity contribution in [1.29, 1.82) is 0 Å². The molecule has 14 heavy (non-hydrogen) atoms. The number of nitrogen functional groups attached to an aromatic ring is 1. The lowest BCUT2D eigenvalue weighted by Gasteiger charge is -2.08. The first-order chi connectivity index (χ1) is 6.81. The highest BCUT2D eigenvalue weighted by molar-refractivity contribution is 5.91. The van der Waals surface area contributed by atoms with Gasteiger partial charge in [0.15, 0.2) is 0 Å². The third-order valence-electron chi connectivity index (χ3n) is 2.15. The summed E-state index contributed by atoms with van der Waals surface area (Å²) in [6, 6.07) is 11.9. The number of nitrogens with two attached hydrogens (primary N) is 1. The Balaban J connectivity index is 2.67. The van der Waals surface area contributed by atoms with Gasteiger partial charge in [-0.25, -0.2) is 0 Å². The SMILES string of the molecule is CCOc1cc(N)cc2ccccc12. The van der Waals surface area contributed by atoms with Crippen LogP contribution in [-0.2, 0) is 0 Å². The molecule has 0 spiro atoms. The molecule has 0 aliphatic heterocycles. The lowest BCUT2D eigenvalue weighted by molar-refractivity contribution is 0.344. The van der Waals surface area contributed by atoms with Crippen molar-refractivity contribution >= 4 is 16.5 Å². The average Bonchev–Trinajstić information content (AvgIpc) is 2.18. The topological polar surface area (TPSA) is 35.2 Å². The number of anilines is 1. The maximum absolute atomic E-state index is 5.77. The van der Waals surface area contributed by atoms with Crippen molar-refractivity contribution in [3.63, 3.8) is 0 Å². The van der Waals surface area contributed by atoms with Crippen LogP contribution in [-0.4, -0.2) is 6.61 Å². The summed E-state index contributed by atoms with van der Waals surface area (Å²) in [5, 5.41) is 2.24. The van der Waals surface area contributed by atoms with Gasteiger partial charge in [-0.05, 0) is 18.4 Å². The number of ether oxygens (including phenoxy) is 1. The van der Waals surface area contributed by atoms with Crippen LogP contribution >= 0.6 is 0 Å². The standard InChI is InChI=1S/C12H13NO/c1-2-14-12-8-10(13)7-9-5-3-4-6-11(9)12/h3-8H,2,13H2,1H3. The minimum absolute atomic E-state index is 0.660.